The number of ether oxygens (including phenoxy) is 2. The molecule has 0 fully saturated rings. The minimum Gasteiger partial charge on any atom is -0.495 e. The van der Waals surface area contributed by atoms with Crippen LogP contribution in [0.2, 0.25) is 5.02 Å². The molecule has 0 unspecified atom stereocenters. The van der Waals surface area contributed by atoms with E-state index in [0.29, 0.717) is 16.5 Å². The second-order valence-electron chi connectivity index (χ2n) is 4.22. The van der Waals surface area contributed by atoms with Crippen molar-refractivity contribution < 1.29 is 19.1 Å². The maximum atomic E-state index is 11.7. The van der Waals surface area contributed by atoms with Crippen molar-refractivity contribution in [2.24, 2.45) is 0 Å². The molecule has 1 aromatic carbocycles. The molecular formula is C14H16ClNO4. The molecule has 1 amide bonds. The first kappa shape index (κ1) is 16.0. The van der Waals surface area contributed by atoms with Crippen molar-refractivity contribution in [1.29, 1.82) is 0 Å². The molecule has 0 aliphatic rings. The van der Waals surface area contributed by atoms with E-state index in [1.54, 1.807) is 32.0 Å². The number of halogens is 1. The van der Waals surface area contributed by atoms with E-state index in [4.69, 9.17) is 21.1 Å². The van der Waals surface area contributed by atoms with Crippen molar-refractivity contribution in [2.75, 3.05) is 19.0 Å². The first-order valence-electron chi connectivity index (χ1n) is 5.87. The highest BCUT2D eigenvalue weighted by atomic mass is 35.5. The third-order valence-corrected chi connectivity index (χ3v) is 2.42. The van der Waals surface area contributed by atoms with Crippen LogP contribution in [0.5, 0.6) is 5.75 Å². The summed E-state index contributed by atoms with van der Waals surface area (Å²) in [4.78, 5) is 22.9. The number of methoxy groups -OCH3 is 1. The molecule has 0 spiro atoms. The van der Waals surface area contributed by atoms with Gasteiger partial charge in [0, 0.05) is 11.1 Å². The van der Waals surface area contributed by atoms with Gasteiger partial charge in [0.15, 0.2) is 6.61 Å². The van der Waals surface area contributed by atoms with Crippen LogP contribution in [0.15, 0.2) is 29.8 Å². The van der Waals surface area contributed by atoms with Gasteiger partial charge in [-0.25, -0.2) is 4.79 Å². The number of anilines is 1. The van der Waals surface area contributed by atoms with E-state index >= 15 is 0 Å². The standard InChI is InChI=1S/C14H16ClNO4/c1-9(2)6-14(18)20-8-13(17)16-11-7-10(15)4-5-12(11)19-3/h4-7H,8H2,1-3H3,(H,16,17). The van der Waals surface area contributed by atoms with Crippen LogP contribution in [-0.2, 0) is 14.3 Å². The summed E-state index contributed by atoms with van der Waals surface area (Å²) in [5, 5.41) is 3.03. The summed E-state index contributed by atoms with van der Waals surface area (Å²) in [5.41, 5.74) is 1.22. The lowest BCUT2D eigenvalue weighted by Crippen LogP contribution is -2.20. The average Bonchev–Trinajstić information content (AvgIpc) is 2.36. The van der Waals surface area contributed by atoms with Gasteiger partial charge in [-0.3, -0.25) is 4.79 Å². The maximum absolute atomic E-state index is 11.7. The van der Waals surface area contributed by atoms with Gasteiger partial charge in [-0.15, -0.1) is 0 Å². The fraction of sp³-hybridized carbons (Fsp3) is 0.286. The summed E-state index contributed by atoms with van der Waals surface area (Å²) in [6, 6.07) is 4.83. The lowest BCUT2D eigenvalue weighted by atomic mass is 10.3. The first-order chi connectivity index (χ1) is 9.42. The Morgan fingerprint density at radius 3 is 2.65 bits per heavy atom. The number of nitrogens with one attached hydrogen (secondary N) is 1. The predicted octanol–water partition coefficient (Wildman–Crippen LogP) is 2.80. The Hall–Kier alpha value is -2.01. The number of rotatable bonds is 5. The average molecular weight is 298 g/mol. The van der Waals surface area contributed by atoms with Gasteiger partial charge in [-0.05, 0) is 32.0 Å². The van der Waals surface area contributed by atoms with Crippen LogP contribution in [0.1, 0.15) is 13.8 Å². The van der Waals surface area contributed by atoms with Crippen LogP contribution < -0.4 is 10.1 Å². The summed E-state index contributed by atoms with van der Waals surface area (Å²) in [6.45, 7) is 3.15. The fourth-order valence-corrected chi connectivity index (χ4v) is 1.55. The molecule has 0 radical (unpaired) electrons. The molecule has 0 aliphatic carbocycles. The molecular weight excluding hydrogens is 282 g/mol. The number of esters is 1. The van der Waals surface area contributed by atoms with E-state index in [1.165, 1.54) is 13.2 Å². The Balaban J connectivity index is 2.61. The van der Waals surface area contributed by atoms with Gasteiger partial charge in [0.25, 0.3) is 5.91 Å². The Morgan fingerprint density at radius 2 is 2.05 bits per heavy atom. The summed E-state index contributed by atoms with van der Waals surface area (Å²) in [5.74, 6) is -0.558. The molecule has 6 heteroatoms. The fourth-order valence-electron chi connectivity index (χ4n) is 1.38. The van der Waals surface area contributed by atoms with Gasteiger partial charge in [-0.1, -0.05) is 17.2 Å². The molecule has 0 atom stereocenters. The molecule has 0 heterocycles. The van der Waals surface area contributed by atoms with Crippen LogP contribution in [0, 0.1) is 0 Å². The van der Waals surface area contributed by atoms with Crippen molar-refractivity contribution in [1.82, 2.24) is 0 Å². The van der Waals surface area contributed by atoms with Crippen molar-refractivity contribution in [3.8, 4) is 5.75 Å². The van der Waals surface area contributed by atoms with Gasteiger partial charge in [0.05, 0.1) is 12.8 Å². The molecule has 0 saturated carbocycles. The molecule has 0 aromatic heterocycles. The van der Waals surface area contributed by atoms with Gasteiger partial charge in [-0.2, -0.15) is 0 Å². The second-order valence-corrected chi connectivity index (χ2v) is 4.66. The summed E-state index contributed by atoms with van der Waals surface area (Å²) in [6.07, 6.45) is 1.31. The third kappa shape index (κ3) is 5.32. The van der Waals surface area contributed by atoms with Gasteiger partial charge in [0.2, 0.25) is 0 Å². The van der Waals surface area contributed by atoms with E-state index in [2.05, 4.69) is 5.32 Å². The number of benzene rings is 1. The van der Waals surface area contributed by atoms with Crippen LogP contribution in [0.3, 0.4) is 0 Å². The Kier molecular flexibility index (Phi) is 6.06. The van der Waals surface area contributed by atoms with E-state index in [0.717, 1.165) is 5.57 Å². The van der Waals surface area contributed by atoms with Crippen molar-refractivity contribution in [3.05, 3.63) is 34.9 Å². The topological polar surface area (TPSA) is 64.6 Å². The summed E-state index contributed by atoms with van der Waals surface area (Å²) < 4.78 is 9.88. The number of amides is 1. The van der Waals surface area contributed by atoms with E-state index in [-0.39, 0.29) is 6.61 Å². The minimum absolute atomic E-state index is 0.377. The first-order valence-corrected chi connectivity index (χ1v) is 6.25. The Labute approximate surface area is 122 Å². The molecule has 0 saturated heterocycles. The van der Waals surface area contributed by atoms with Crippen molar-refractivity contribution >= 4 is 29.2 Å². The lowest BCUT2D eigenvalue weighted by molar-refractivity contribution is -0.142. The number of hydrogen-bond acceptors (Lipinski definition) is 4. The third-order valence-electron chi connectivity index (χ3n) is 2.19. The van der Waals surface area contributed by atoms with Crippen molar-refractivity contribution in [2.45, 2.75) is 13.8 Å². The Morgan fingerprint density at radius 1 is 1.35 bits per heavy atom. The summed E-state index contributed by atoms with van der Waals surface area (Å²) in [7, 11) is 1.48. The number of allylic oxidation sites excluding steroid dienone is 1. The van der Waals surface area contributed by atoms with Gasteiger partial charge in [0.1, 0.15) is 5.75 Å². The molecule has 5 nitrogen and oxygen atoms in total. The highest BCUT2D eigenvalue weighted by Gasteiger charge is 2.10. The zero-order valence-corrected chi connectivity index (χ0v) is 12.3. The molecule has 0 bridgehead atoms. The largest absolute Gasteiger partial charge is 0.495 e. The predicted molar refractivity (Wildman–Crippen MR) is 77.0 cm³/mol. The maximum Gasteiger partial charge on any atom is 0.331 e. The highest BCUT2D eigenvalue weighted by Crippen LogP contribution is 2.27. The van der Waals surface area contributed by atoms with Crippen molar-refractivity contribution in [3.63, 3.8) is 0 Å². The zero-order valence-electron chi connectivity index (χ0n) is 11.5. The SMILES string of the molecule is COc1ccc(Cl)cc1NC(=O)COC(=O)C=C(C)C. The normalized spacial score (nSPS) is 9.60. The Bertz CT molecular complexity index is 536. The van der Waals surface area contributed by atoms with Crippen LogP contribution in [-0.4, -0.2) is 25.6 Å². The number of carbonyl (C=O) groups is 2. The second kappa shape index (κ2) is 7.55. The number of carbonyl (C=O) groups excluding carboxylic acids is 2. The van der Waals surface area contributed by atoms with E-state index in [9.17, 15) is 9.59 Å². The number of hydrogen-bond donors (Lipinski definition) is 1. The van der Waals surface area contributed by atoms with Gasteiger partial charge < -0.3 is 14.8 Å². The summed E-state index contributed by atoms with van der Waals surface area (Å²) >= 11 is 5.84. The molecule has 0 aliphatic heterocycles. The highest BCUT2D eigenvalue weighted by molar-refractivity contribution is 6.31. The molecule has 1 aromatic rings. The minimum atomic E-state index is -0.557. The quantitative estimate of drug-likeness (QED) is 0.670. The molecule has 1 rings (SSSR count). The molecule has 108 valence electrons. The smallest absolute Gasteiger partial charge is 0.331 e. The van der Waals surface area contributed by atoms with Gasteiger partial charge >= 0.3 is 5.97 Å². The lowest BCUT2D eigenvalue weighted by Gasteiger charge is -2.10. The monoisotopic (exact) mass is 297 g/mol. The molecule has 1 N–H and O–H groups in total. The van der Waals surface area contributed by atoms with E-state index < -0.39 is 11.9 Å². The van der Waals surface area contributed by atoms with Crippen LogP contribution in [0.4, 0.5) is 5.69 Å². The van der Waals surface area contributed by atoms with Crippen LogP contribution >= 0.6 is 11.6 Å². The van der Waals surface area contributed by atoms with E-state index in [1.807, 2.05) is 0 Å². The van der Waals surface area contributed by atoms with Crippen LogP contribution in [0.25, 0.3) is 0 Å². The zero-order chi connectivity index (χ0) is 15.1. The molecule has 20 heavy (non-hydrogen) atoms.